The van der Waals surface area contributed by atoms with Crippen LogP contribution in [-0.2, 0) is 6.42 Å². The summed E-state index contributed by atoms with van der Waals surface area (Å²) in [6.45, 7) is 2.91. The zero-order valence-electron chi connectivity index (χ0n) is 9.39. The molecule has 0 saturated carbocycles. The second kappa shape index (κ2) is 3.89. The lowest BCUT2D eigenvalue weighted by molar-refractivity contribution is 0.522. The molecule has 0 aromatic carbocycles. The monoisotopic (exact) mass is 233 g/mol. The van der Waals surface area contributed by atoms with Crippen molar-refractivity contribution in [2.45, 2.75) is 19.4 Å². The van der Waals surface area contributed by atoms with Gasteiger partial charge in [0.2, 0.25) is 0 Å². The molecule has 3 rings (SSSR count). The van der Waals surface area contributed by atoms with Crippen molar-refractivity contribution in [3.05, 3.63) is 35.5 Å². The lowest BCUT2D eigenvalue weighted by atomic mass is 10.1. The van der Waals surface area contributed by atoms with E-state index in [1.807, 2.05) is 6.92 Å². The van der Waals surface area contributed by atoms with Crippen LogP contribution in [0.4, 0.5) is 4.39 Å². The molecule has 6 heteroatoms. The quantitative estimate of drug-likeness (QED) is 0.798. The van der Waals surface area contributed by atoms with E-state index in [4.69, 9.17) is 0 Å². The molecule has 1 unspecified atom stereocenters. The smallest absolute Gasteiger partial charge is 0.158 e. The van der Waals surface area contributed by atoms with E-state index in [-0.39, 0.29) is 11.9 Å². The van der Waals surface area contributed by atoms with Crippen LogP contribution in [0.5, 0.6) is 0 Å². The molecule has 0 fully saturated rings. The second-order valence-electron chi connectivity index (χ2n) is 4.09. The highest BCUT2D eigenvalue weighted by molar-refractivity contribution is 5.28. The van der Waals surface area contributed by atoms with Crippen molar-refractivity contribution >= 4 is 0 Å². The standard InChI is InChI=1S/C11H12FN5/c1-7-11-9(3-5-13-7)17(16-15-11)10-6-8(12)2-4-14-10/h2,4,6-7,13H,3,5H2,1H3. The van der Waals surface area contributed by atoms with Gasteiger partial charge in [-0.15, -0.1) is 5.10 Å². The minimum atomic E-state index is -0.318. The number of fused-ring (bicyclic) bond motifs is 1. The van der Waals surface area contributed by atoms with Crippen LogP contribution in [0.25, 0.3) is 5.82 Å². The Morgan fingerprint density at radius 1 is 1.53 bits per heavy atom. The molecule has 0 saturated heterocycles. The number of rotatable bonds is 1. The van der Waals surface area contributed by atoms with Gasteiger partial charge in [-0.1, -0.05) is 5.21 Å². The molecule has 88 valence electrons. The summed E-state index contributed by atoms with van der Waals surface area (Å²) in [5.41, 5.74) is 1.93. The van der Waals surface area contributed by atoms with Crippen LogP contribution >= 0.6 is 0 Å². The highest BCUT2D eigenvalue weighted by Crippen LogP contribution is 2.21. The largest absolute Gasteiger partial charge is 0.308 e. The Bertz CT molecular complexity index is 551. The molecule has 1 aliphatic heterocycles. The highest BCUT2D eigenvalue weighted by atomic mass is 19.1. The maximum atomic E-state index is 13.2. The second-order valence-corrected chi connectivity index (χ2v) is 4.09. The Morgan fingerprint density at radius 2 is 2.41 bits per heavy atom. The number of hydrogen-bond donors (Lipinski definition) is 1. The first-order valence-electron chi connectivity index (χ1n) is 5.55. The topological polar surface area (TPSA) is 55.6 Å². The zero-order chi connectivity index (χ0) is 11.8. The van der Waals surface area contributed by atoms with Crippen molar-refractivity contribution in [2.75, 3.05) is 6.54 Å². The van der Waals surface area contributed by atoms with Gasteiger partial charge in [0.25, 0.3) is 0 Å². The van der Waals surface area contributed by atoms with E-state index in [1.54, 1.807) is 4.68 Å². The maximum Gasteiger partial charge on any atom is 0.158 e. The molecule has 0 bridgehead atoms. The third kappa shape index (κ3) is 1.70. The van der Waals surface area contributed by atoms with Gasteiger partial charge in [-0.05, 0) is 13.0 Å². The van der Waals surface area contributed by atoms with E-state index in [0.29, 0.717) is 5.82 Å². The molecule has 0 spiro atoms. The predicted octanol–water partition coefficient (Wildman–Crippen LogP) is 1.01. The van der Waals surface area contributed by atoms with Crippen molar-refractivity contribution in [1.82, 2.24) is 25.3 Å². The molecule has 0 radical (unpaired) electrons. The van der Waals surface area contributed by atoms with Crippen LogP contribution in [0.2, 0.25) is 0 Å². The first kappa shape index (κ1) is 10.3. The van der Waals surface area contributed by atoms with E-state index in [2.05, 4.69) is 20.6 Å². The molecule has 0 amide bonds. The van der Waals surface area contributed by atoms with Crippen molar-refractivity contribution in [1.29, 1.82) is 0 Å². The summed E-state index contributed by atoms with van der Waals surface area (Å²) < 4.78 is 14.8. The molecule has 2 aromatic heterocycles. The van der Waals surface area contributed by atoms with Gasteiger partial charge in [0, 0.05) is 25.2 Å². The minimum Gasteiger partial charge on any atom is -0.308 e. The van der Waals surface area contributed by atoms with E-state index in [9.17, 15) is 4.39 Å². The van der Waals surface area contributed by atoms with E-state index in [1.165, 1.54) is 18.3 Å². The summed E-state index contributed by atoms with van der Waals surface area (Å²) in [5, 5.41) is 11.5. The van der Waals surface area contributed by atoms with Crippen molar-refractivity contribution in [2.24, 2.45) is 0 Å². The number of aromatic nitrogens is 4. The molecular formula is C11H12FN5. The highest BCUT2D eigenvalue weighted by Gasteiger charge is 2.23. The fraction of sp³-hybridized carbons (Fsp3) is 0.364. The summed E-state index contributed by atoms with van der Waals surface area (Å²) in [4.78, 5) is 4.12. The van der Waals surface area contributed by atoms with Gasteiger partial charge in [-0.25, -0.2) is 9.37 Å². The Balaban J connectivity index is 2.10. The van der Waals surface area contributed by atoms with E-state index in [0.717, 1.165) is 24.4 Å². The van der Waals surface area contributed by atoms with Crippen LogP contribution in [0.15, 0.2) is 18.3 Å². The van der Waals surface area contributed by atoms with Gasteiger partial charge in [0.15, 0.2) is 5.82 Å². The maximum absolute atomic E-state index is 13.2. The minimum absolute atomic E-state index is 0.182. The van der Waals surface area contributed by atoms with Crippen molar-refractivity contribution in [3.63, 3.8) is 0 Å². The number of nitrogens with zero attached hydrogens (tertiary/aromatic N) is 4. The van der Waals surface area contributed by atoms with Gasteiger partial charge in [0.1, 0.15) is 11.5 Å². The lowest BCUT2D eigenvalue weighted by Crippen LogP contribution is -2.28. The van der Waals surface area contributed by atoms with Crippen LogP contribution < -0.4 is 5.32 Å². The number of halogens is 1. The van der Waals surface area contributed by atoms with Gasteiger partial charge < -0.3 is 5.32 Å². The summed E-state index contributed by atoms with van der Waals surface area (Å²) in [6.07, 6.45) is 2.26. The molecule has 17 heavy (non-hydrogen) atoms. The van der Waals surface area contributed by atoms with Gasteiger partial charge in [-0.2, -0.15) is 4.68 Å². The SMILES string of the molecule is CC1NCCc2c1nnn2-c1cc(F)ccn1. The molecule has 0 aliphatic carbocycles. The zero-order valence-corrected chi connectivity index (χ0v) is 9.39. The lowest BCUT2D eigenvalue weighted by Gasteiger charge is -2.19. The Hall–Kier alpha value is -1.82. The van der Waals surface area contributed by atoms with Crippen LogP contribution in [0.3, 0.4) is 0 Å². The molecule has 3 heterocycles. The van der Waals surface area contributed by atoms with Gasteiger partial charge in [-0.3, -0.25) is 0 Å². The summed E-state index contributed by atoms with van der Waals surface area (Å²) in [6, 6.07) is 2.86. The average Bonchev–Trinajstić information content (AvgIpc) is 2.74. The molecule has 2 aromatic rings. The number of hydrogen-bond acceptors (Lipinski definition) is 4. The third-order valence-electron chi connectivity index (χ3n) is 2.94. The summed E-state index contributed by atoms with van der Waals surface area (Å²) >= 11 is 0. The third-order valence-corrected chi connectivity index (χ3v) is 2.94. The Kier molecular flexibility index (Phi) is 2.36. The van der Waals surface area contributed by atoms with Crippen molar-refractivity contribution in [3.8, 4) is 5.82 Å². The first-order valence-corrected chi connectivity index (χ1v) is 5.55. The van der Waals surface area contributed by atoms with Gasteiger partial charge >= 0.3 is 0 Å². The Morgan fingerprint density at radius 3 is 3.24 bits per heavy atom. The fourth-order valence-corrected chi connectivity index (χ4v) is 2.08. The van der Waals surface area contributed by atoms with Gasteiger partial charge in [0.05, 0.1) is 11.7 Å². The molecule has 1 aliphatic rings. The average molecular weight is 233 g/mol. The molecule has 1 atom stereocenters. The van der Waals surface area contributed by atoms with Crippen LogP contribution in [0.1, 0.15) is 24.4 Å². The molecule has 1 N–H and O–H groups in total. The molecule has 5 nitrogen and oxygen atoms in total. The summed E-state index contributed by atoms with van der Waals surface area (Å²) in [5.74, 6) is 0.161. The predicted molar refractivity (Wildman–Crippen MR) is 59.2 cm³/mol. The number of pyridine rings is 1. The molecular weight excluding hydrogens is 221 g/mol. The van der Waals surface area contributed by atoms with Crippen molar-refractivity contribution < 1.29 is 4.39 Å². The normalized spacial score (nSPS) is 19.1. The van der Waals surface area contributed by atoms with Crippen LogP contribution in [-0.4, -0.2) is 26.5 Å². The van der Waals surface area contributed by atoms with Crippen LogP contribution in [0, 0.1) is 5.82 Å². The van der Waals surface area contributed by atoms with E-state index < -0.39 is 0 Å². The Labute approximate surface area is 97.7 Å². The number of nitrogens with one attached hydrogen (secondary N) is 1. The fourth-order valence-electron chi connectivity index (χ4n) is 2.08. The first-order chi connectivity index (χ1) is 8.25. The van der Waals surface area contributed by atoms with E-state index >= 15 is 0 Å². The summed E-state index contributed by atoms with van der Waals surface area (Å²) in [7, 11) is 0.